The summed E-state index contributed by atoms with van der Waals surface area (Å²) in [5, 5.41) is 1.89. The van der Waals surface area contributed by atoms with Gasteiger partial charge in [0, 0.05) is 57.9 Å². The van der Waals surface area contributed by atoms with Gasteiger partial charge >= 0.3 is 12.4 Å². The average molecular weight is 1030 g/mol. The van der Waals surface area contributed by atoms with E-state index in [0.717, 1.165) is 40.8 Å². The van der Waals surface area contributed by atoms with Gasteiger partial charge in [-0.1, -0.05) is 42.5 Å². The molecule has 0 saturated carbocycles. The van der Waals surface area contributed by atoms with Crippen LogP contribution in [0.4, 0.5) is 89.9 Å². The first-order valence-corrected chi connectivity index (χ1v) is 23.2. The fraction of sp³-hybridized carbons (Fsp3) is 0.170. The fourth-order valence-electron chi connectivity index (χ4n) is 9.34. The van der Waals surface area contributed by atoms with Crippen LogP contribution in [0.2, 0.25) is 0 Å². The molecule has 2 aliphatic rings. The van der Waals surface area contributed by atoms with Crippen molar-refractivity contribution in [2.24, 2.45) is 5.41 Å². The normalized spacial score (nSPS) is 17.6. The number of rotatable bonds is 7. The molecule has 2 atom stereocenters. The molecule has 6 aromatic carbocycles. The summed E-state index contributed by atoms with van der Waals surface area (Å²) in [5.74, 6) is -17.0. The highest BCUT2D eigenvalue weighted by molar-refractivity contribution is 7.25. The first-order chi connectivity index (χ1) is 33.5. The molecule has 2 aliphatic carbocycles. The Kier molecular flexibility index (Phi) is 11.5. The molecule has 18 heteroatoms. The van der Waals surface area contributed by atoms with E-state index < -0.39 is 81.6 Å². The Morgan fingerprint density at radius 1 is 0.606 bits per heavy atom. The highest BCUT2D eigenvalue weighted by Crippen LogP contribution is 2.58. The van der Waals surface area contributed by atoms with E-state index in [-0.39, 0.29) is 40.8 Å². The van der Waals surface area contributed by atoms with Gasteiger partial charge in [-0.25, -0.2) is 35.1 Å². The largest absolute Gasteiger partial charge is 0.422 e. The zero-order valence-electron chi connectivity index (χ0n) is 36.9. The Labute approximate surface area is 402 Å². The van der Waals surface area contributed by atoms with E-state index in [1.165, 1.54) is 97.2 Å². The third-order valence-electron chi connectivity index (χ3n) is 13.1. The lowest BCUT2D eigenvalue weighted by atomic mass is 9.78. The molecule has 364 valence electrons. The lowest BCUT2D eigenvalue weighted by Gasteiger charge is -2.39. The van der Waals surface area contributed by atoms with Crippen LogP contribution in [0.5, 0.6) is 0 Å². The minimum atomic E-state index is -5.80. The van der Waals surface area contributed by atoms with Crippen LogP contribution in [0.15, 0.2) is 126 Å². The molecule has 0 N–H and O–H groups in total. The molecule has 0 amide bonds. The van der Waals surface area contributed by atoms with Gasteiger partial charge in [-0.05, 0) is 128 Å². The second-order valence-corrected chi connectivity index (χ2v) is 19.6. The van der Waals surface area contributed by atoms with Gasteiger partial charge in [0.2, 0.25) is 0 Å². The average Bonchev–Trinajstić information content (AvgIpc) is 3.90. The minimum absolute atomic E-state index is 0.0304. The maximum absolute atomic E-state index is 16.4. The van der Waals surface area contributed by atoms with E-state index in [9.17, 15) is 26.3 Å². The van der Waals surface area contributed by atoms with Crippen molar-refractivity contribution < 1.29 is 61.5 Å². The van der Waals surface area contributed by atoms with E-state index in [0.29, 0.717) is 33.7 Å². The van der Waals surface area contributed by atoms with Crippen molar-refractivity contribution in [3.05, 3.63) is 177 Å². The Morgan fingerprint density at radius 2 is 1.15 bits per heavy atom. The van der Waals surface area contributed by atoms with Gasteiger partial charge in [-0.3, -0.25) is 0 Å². The number of allylic oxidation sites excluding steroid dienone is 4. The molecular weight excluding hydrogens is 995 g/mol. The van der Waals surface area contributed by atoms with Crippen LogP contribution < -0.4 is 9.80 Å². The van der Waals surface area contributed by atoms with E-state index in [1.54, 1.807) is 30.3 Å². The quantitative estimate of drug-likeness (QED) is 0.116. The Balaban J connectivity index is 1.12. The standard InChI is InChI=1S/C53H32F14N2S2/c1-24-20-26(12-16-34(24)68(47-43(56)41(54)40(52(62,63)64)42(55)44(47)57)28-14-18-38-32(22-28)30-8-4-6-10-36(30)70-38)27-13-17-35(25(2)21-27)69(29-15-19-39-33(23-29)31-9-5-7-11-37(31)71-39)48-45(58)49(60)51(3,53(65,66)67)50(61)46(48)59/h4-5,7-9,11-23,49H,6,10H2,1-3H3. The number of fused-ring (bicyclic) bond motifs is 6. The molecule has 2 nitrogen and oxygen atoms in total. The molecule has 8 aromatic rings. The molecule has 0 fully saturated rings. The molecule has 2 heterocycles. The van der Waals surface area contributed by atoms with Crippen molar-refractivity contribution in [1.29, 1.82) is 0 Å². The minimum Gasteiger partial charge on any atom is -0.305 e. The van der Waals surface area contributed by atoms with Gasteiger partial charge in [-0.2, -0.15) is 26.3 Å². The summed E-state index contributed by atoms with van der Waals surface area (Å²) in [4.78, 5) is 2.58. The van der Waals surface area contributed by atoms with Crippen LogP contribution in [-0.4, -0.2) is 12.3 Å². The predicted molar refractivity (Wildman–Crippen MR) is 252 cm³/mol. The summed E-state index contributed by atoms with van der Waals surface area (Å²) in [7, 11) is 0. The summed E-state index contributed by atoms with van der Waals surface area (Å²) >= 11 is 2.84. The number of halogens is 14. The Morgan fingerprint density at radius 3 is 1.75 bits per heavy atom. The van der Waals surface area contributed by atoms with Crippen LogP contribution in [0.3, 0.4) is 0 Å². The Bertz CT molecular complexity index is 3610. The molecular formula is C53H32F14N2S2. The number of thiophene rings is 2. The zero-order valence-corrected chi connectivity index (χ0v) is 38.5. The maximum atomic E-state index is 16.4. The summed E-state index contributed by atoms with van der Waals surface area (Å²) in [5.41, 5.74) is -8.35. The lowest BCUT2D eigenvalue weighted by molar-refractivity contribution is -0.228. The third kappa shape index (κ3) is 7.49. The number of alkyl halides is 7. The summed E-state index contributed by atoms with van der Waals surface area (Å²) in [6.45, 7) is 2.96. The van der Waals surface area contributed by atoms with Gasteiger partial charge in [-0.15, -0.1) is 22.7 Å². The molecule has 0 spiro atoms. The van der Waals surface area contributed by atoms with E-state index in [2.05, 4.69) is 0 Å². The van der Waals surface area contributed by atoms with Crippen LogP contribution >= 0.6 is 22.7 Å². The smallest absolute Gasteiger partial charge is 0.305 e. The van der Waals surface area contributed by atoms with Gasteiger partial charge in [0.15, 0.2) is 52.3 Å². The molecule has 71 heavy (non-hydrogen) atoms. The van der Waals surface area contributed by atoms with E-state index >= 15 is 35.1 Å². The van der Waals surface area contributed by atoms with Crippen molar-refractivity contribution in [2.45, 2.75) is 52.1 Å². The first-order valence-electron chi connectivity index (χ1n) is 21.6. The van der Waals surface area contributed by atoms with E-state index in [4.69, 9.17) is 0 Å². The van der Waals surface area contributed by atoms with E-state index in [1.807, 2.05) is 18.2 Å². The van der Waals surface area contributed by atoms with Gasteiger partial charge in [0.05, 0.1) is 0 Å². The second kappa shape index (κ2) is 17.0. The van der Waals surface area contributed by atoms with Crippen LogP contribution in [0.25, 0.3) is 47.5 Å². The molecule has 0 bridgehead atoms. The number of hydrogen-bond acceptors (Lipinski definition) is 4. The van der Waals surface area contributed by atoms with Gasteiger partial charge in [0.1, 0.15) is 16.9 Å². The number of aryl methyl sites for hydroxylation is 3. The third-order valence-corrected chi connectivity index (χ3v) is 15.5. The molecule has 0 saturated heterocycles. The summed E-state index contributed by atoms with van der Waals surface area (Å²) in [6, 6.07) is 24.6. The SMILES string of the molecule is Cc1cc(-c2ccc(N(c3ccc4sc5c(c4c3)C=CCC5)c3c(F)c(F)c(C(F)(F)F)c(F)c3F)c(C)c2)ccc1N(C1=C(F)C(F)C(C)(C(F)(F)F)C(F)=C1F)c1ccc2sc3ccccc3c2c1. The number of nitrogens with zero attached hydrogens (tertiary/aromatic N) is 2. The molecule has 2 unspecified atom stereocenters. The van der Waals surface area contributed by atoms with Crippen molar-refractivity contribution in [2.75, 3.05) is 9.80 Å². The molecule has 0 radical (unpaired) electrons. The Hall–Kier alpha value is -6.66. The highest BCUT2D eigenvalue weighted by Gasteiger charge is 2.65. The molecule has 2 aromatic heterocycles. The topological polar surface area (TPSA) is 6.48 Å². The molecule has 10 rings (SSSR count). The monoisotopic (exact) mass is 1030 g/mol. The second-order valence-electron chi connectivity index (χ2n) is 17.4. The lowest BCUT2D eigenvalue weighted by Crippen LogP contribution is -2.47. The van der Waals surface area contributed by atoms with Crippen molar-refractivity contribution in [3.63, 3.8) is 0 Å². The van der Waals surface area contributed by atoms with Gasteiger partial charge < -0.3 is 9.80 Å². The van der Waals surface area contributed by atoms with Crippen molar-refractivity contribution >= 4 is 87.4 Å². The van der Waals surface area contributed by atoms with Crippen LogP contribution in [0.1, 0.15) is 40.5 Å². The van der Waals surface area contributed by atoms with Crippen molar-refractivity contribution in [3.8, 4) is 11.1 Å². The summed E-state index contributed by atoms with van der Waals surface area (Å²) in [6.07, 6.45) is -10.0. The number of benzene rings is 6. The highest BCUT2D eigenvalue weighted by atomic mass is 32.1. The summed E-state index contributed by atoms with van der Waals surface area (Å²) < 4.78 is 214. The zero-order chi connectivity index (χ0) is 50.8. The van der Waals surface area contributed by atoms with Crippen molar-refractivity contribution in [1.82, 2.24) is 0 Å². The first kappa shape index (κ1) is 48.0. The van der Waals surface area contributed by atoms with Crippen LogP contribution in [-0.2, 0) is 12.6 Å². The number of anilines is 5. The predicted octanol–water partition coefficient (Wildman–Crippen LogP) is 18.9. The number of hydrogen-bond donors (Lipinski definition) is 0. The van der Waals surface area contributed by atoms with Gasteiger partial charge in [0.25, 0.3) is 0 Å². The fourth-order valence-corrected chi connectivity index (χ4v) is 11.6. The van der Waals surface area contributed by atoms with Crippen LogP contribution in [0, 0.1) is 42.5 Å². The molecule has 0 aliphatic heterocycles. The maximum Gasteiger partial charge on any atom is 0.422 e.